The third-order valence-electron chi connectivity index (χ3n) is 6.14. The van der Waals surface area contributed by atoms with Gasteiger partial charge in [0.2, 0.25) is 5.95 Å². The second-order valence-electron chi connectivity index (χ2n) is 8.19. The summed E-state index contributed by atoms with van der Waals surface area (Å²) in [6.45, 7) is 4.14. The maximum absolute atomic E-state index is 14.5. The predicted octanol–water partition coefficient (Wildman–Crippen LogP) is 3.64. The van der Waals surface area contributed by atoms with E-state index in [1.807, 2.05) is 25.3 Å². The number of fused-ring (bicyclic) bond motifs is 3. The molecule has 1 aromatic carbocycles. The average molecular weight is 457 g/mol. The van der Waals surface area contributed by atoms with Crippen LogP contribution in [0.2, 0.25) is 0 Å². The lowest BCUT2D eigenvalue weighted by molar-refractivity contribution is 0.101. The van der Waals surface area contributed by atoms with Crippen LogP contribution in [-0.4, -0.2) is 41.4 Å². The number of ketones is 1. The minimum absolute atomic E-state index is 0.0579. The molecule has 0 radical (unpaired) electrons. The number of hydrogen-bond acceptors (Lipinski definition) is 7. The molecule has 1 aliphatic rings. The molecule has 5 aromatic rings. The molecule has 4 aromatic heterocycles. The van der Waals surface area contributed by atoms with Gasteiger partial charge in [-0.15, -0.1) is 10.2 Å². The van der Waals surface area contributed by atoms with E-state index < -0.39 is 0 Å². The molecule has 34 heavy (non-hydrogen) atoms. The van der Waals surface area contributed by atoms with Gasteiger partial charge in [0.1, 0.15) is 29.2 Å². The Morgan fingerprint density at radius 3 is 2.94 bits per heavy atom. The molecular weight excluding hydrogens is 437 g/mol. The van der Waals surface area contributed by atoms with Crippen molar-refractivity contribution in [3.8, 4) is 16.9 Å². The fourth-order valence-electron chi connectivity index (χ4n) is 4.63. The van der Waals surface area contributed by atoms with Gasteiger partial charge >= 0.3 is 0 Å². The predicted molar refractivity (Wildman–Crippen MR) is 123 cm³/mol. The van der Waals surface area contributed by atoms with Crippen LogP contribution in [-0.2, 0) is 13.0 Å². The molecule has 9 nitrogen and oxygen atoms in total. The number of pyridine rings is 1. The van der Waals surface area contributed by atoms with Gasteiger partial charge in [0.25, 0.3) is 0 Å². The fourth-order valence-corrected chi connectivity index (χ4v) is 4.63. The Balaban J connectivity index is 1.41. The summed E-state index contributed by atoms with van der Waals surface area (Å²) >= 11 is 0. The summed E-state index contributed by atoms with van der Waals surface area (Å²) in [5.41, 5.74) is 5.35. The highest BCUT2D eigenvalue weighted by atomic mass is 19.1. The van der Waals surface area contributed by atoms with Crippen LogP contribution in [0.3, 0.4) is 0 Å². The summed E-state index contributed by atoms with van der Waals surface area (Å²) in [5.74, 6) is 0.869. The van der Waals surface area contributed by atoms with Crippen molar-refractivity contribution in [1.82, 2.24) is 29.0 Å². The molecule has 0 bridgehead atoms. The van der Waals surface area contributed by atoms with Gasteiger partial charge in [-0.2, -0.15) is 0 Å². The van der Waals surface area contributed by atoms with Crippen molar-refractivity contribution in [3.63, 3.8) is 0 Å². The van der Waals surface area contributed by atoms with Crippen LogP contribution in [0.15, 0.2) is 43.0 Å². The number of aryl methyl sites for hydroxylation is 1. The van der Waals surface area contributed by atoms with Gasteiger partial charge in [0, 0.05) is 54.5 Å². The Morgan fingerprint density at radius 1 is 1.21 bits per heavy atom. The highest BCUT2D eigenvalue weighted by molar-refractivity contribution is 5.96. The monoisotopic (exact) mass is 457 g/mol. The van der Waals surface area contributed by atoms with Crippen molar-refractivity contribution in [2.75, 3.05) is 11.9 Å². The molecule has 0 atom stereocenters. The van der Waals surface area contributed by atoms with E-state index in [0.717, 1.165) is 16.9 Å². The topological polar surface area (TPSA) is 98.7 Å². The highest BCUT2D eigenvalue weighted by Gasteiger charge is 2.21. The van der Waals surface area contributed by atoms with E-state index >= 15 is 0 Å². The molecule has 0 amide bonds. The number of hydrogen-bond donors (Lipinski definition) is 1. The Hall–Kier alpha value is -4.34. The van der Waals surface area contributed by atoms with Gasteiger partial charge in [0.05, 0.1) is 12.3 Å². The van der Waals surface area contributed by atoms with Crippen LogP contribution in [0.5, 0.6) is 5.75 Å². The van der Waals surface area contributed by atoms with E-state index in [0.29, 0.717) is 52.8 Å². The second kappa shape index (κ2) is 7.62. The van der Waals surface area contributed by atoms with Crippen LogP contribution in [0.1, 0.15) is 34.2 Å². The summed E-state index contributed by atoms with van der Waals surface area (Å²) in [6, 6.07) is 6.86. The van der Waals surface area contributed by atoms with Crippen molar-refractivity contribution in [2.24, 2.45) is 0 Å². The van der Waals surface area contributed by atoms with Crippen molar-refractivity contribution < 1.29 is 13.9 Å². The number of carbonyl (C=O) groups is 1. The minimum atomic E-state index is -0.281. The highest BCUT2D eigenvalue weighted by Crippen LogP contribution is 2.32. The Kier molecular flexibility index (Phi) is 4.54. The van der Waals surface area contributed by atoms with Gasteiger partial charge in [-0.1, -0.05) is 0 Å². The molecule has 10 heteroatoms. The molecular formula is C24H20FN7O2. The third kappa shape index (κ3) is 3.02. The molecule has 1 aliphatic heterocycles. The van der Waals surface area contributed by atoms with E-state index in [-0.39, 0.29) is 18.1 Å². The Morgan fingerprint density at radius 2 is 2.09 bits per heavy atom. The number of carbonyl (C=O) groups excluding carboxylic acids is 1. The molecule has 170 valence electrons. The standard InChI is InChI=1S/C24H20FN7O2/c1-13-21(14(2)33)31-8-3-4-16(22(31)29-13)18-11-27-24(32-12-28-30-23(18)32)26-10-17-15-7-9-34-20(15)6-5-19(17)25/h3-6,8,11-12H,7,9-10H2,1-2H3,(H,26,27). The normalized spacial score (nSPS) is 12.8. The first-order chi connectivity index (χ1) is 16.5. The van der Waals surface area contributed by atoms with Crippen molar-refractivity contribution in [2.45, 2.75) is 26.8 Å². The minimum Gasteiger partial charge on any atom is -0.493 e. The lowest BCUT2D eigenvalue weighted by atomic mass is 10.0. The van der Waals surface area contributed by atoms with Gasteiger partial charge < -0.3 is 10.1 Å². The number of imidazole rings is 1. The van der Waals surface area contributed by atoms with E-state index in [4.69, 9.17) is 4.74 Å². The molecule has 0 fully saturated rings. The number of anilines is 1. The fraction of sp³-hybridized carbons (Fsp3) is 0.208. The van der Waals surface area contributed by atoms with Crippen molar-refractivity contribution in [1.29, 1.82) is 0 Å². The summed E-state index contributed by atoms with van der Waals surface area (Å²) in [5, 5.41) is 11.6. The molecule has 6 rings (SSSR count). The zero-order valence-electron chi connectivity index (χ0n) is 18.5. The summed E-state index contributed by atoms with van der Waals surface area (Å²) in [7, 11) is 0. The van der Waals surface area contributed by atoms with Gasteiger partial charge in [-0.05, 0) is 31.2 Å². The van der Waals surface area contributed by atoms with Crippen molar-refractivity contribution >= 4 is 23.0 Å². The third-order valence-corrected chi connectivity index (χ3v) is 6.14. The molecule has 0 spiro atoms. The molecule has 0 saturated heterocycles. The first kappa shape index (κ1) is 20.3. The second-order valence-corrected chi connectivity index (χ2v) is 8.19. The SMILES string of the molecule is CC(=O)c1c(C)nc2c(-c3cnc(NCc4c(F)ccc5c4CCO5)n4cnnc34)cccn12. The number of benzene rings is 1. The lowest BCUT2D eigenvalue weighted by Crippen LogP contribution is -2.10. The van der Waals surface area contributed by atoms with Crippen LogP contribution in [0, 0.1) is 12.7 Å². The molecule has 5 heterocycles. The number of Topliss-reactive ketones (excluding diaryl/α,β-unsaturated/α-hetero) is 1. The number of rotatable bonds is 5. The number of nitrogens with one attached hydrogen (secondary N) is 1. The van der Waals surface area contributed by atoms with E-state index in [2.05, 4.69) is 25.5 Å². The van der Waals surface area contributed by atoms with E-state index in [9.17, 15) is 9.18 Å². The molecule has 1 N–H and O–H groups in total. The maximum Gasteiger partial charge on any atom is 0.210 e. The van der Waals surface area contributed by atoms with Crippen LogP contribution in [0.4, 0.5) is 10.3 Å². The number of aromatic nitrogens is 6. The summed E-state index contributed by atoms with van der Waals surface area (Å²) in [4.78, 5) is 21.4. The van der Waals surface area contributed by atoms with Crippen LogP contribution >= 0.6 is 0 Å². The quantitative estimate of drug-likeness (QED) is 0.402. The smallest absolute Gasteiger partial charge is 0.210 e. The Bertz CT molecular complexity index is 1600. The van der Waals surface area contributed by atoms with Gasteiger partial charge in [-0.3, -0.25) is 13.6 Å². The largest absolute Gasteiger partial charge is 0.493 e. The summed E-state index contributed by atoms with van der Waals surface area (Å²) < 4.78 is 23.6. The molecule has 0 aliphatic carbocycles. The van der Waals surface area contributed by atoms with E-state index in [1.165, 1.54) is 13.0 Å². The molecule has 0 unspecified atom stereocenters. The number of ether oxygens (including phenoxy) is 1. The van der Waals surface area contributed by atoms with Crippen LogP contribution in [0.25, 0.3) is 22.4 Å². The van der Waals surface area contributed by atoms with E-state index in [1.54, 1.807) is 27.4 Å². The van der Waals surface area contributed by atoms with Crippen LogP contribution < -0.4 is 10.1 Å². The zero-order chi connectivity index (χ0) is 23.4. The van der Waals surface area contributed by atoms with Crippen molar-refractivity contribution in [3.05, 3.63) is 71.3 Å². The average Bonchev–Trinajstić information content (AvgIpc) is 3.55. The molecule has 0 saturated carbocycles. The van der Waals surface area contributed by atoms with Gasteiger partial charge in [-0.25, -0.2) is 14.4 Å². The lowest BCUT2D eigenvalue weighted by Gasteiger charge is -2.13. The number of halogens is 1. The zero-order valence-corrected chi connectivity index (χ0v) is 18.5. The Labute approximate surface area is 193 Å². The van der Waals surface area contributed by atoms with Gasteiger partial charge in [0.15, 0.2) is 11.4 Å². The first-order valence-corrected chi connectivity index (χ1v) is 10.9. The first-order valence-electron chi connectivity index (χ1n) is 10.9. The summed E-state index contributed by atoms with van der Waals surface area (Å²) in [6.07, 6.45) is 5.74. The maximum atomic E-state index is 14.5. The number of nitrogens with zero attached hydrogens (tertiary/aromatic N) is 6.